The molecule has 58 valence electrons. The number of nitrogen functional groups attached to an aromatic ring is 1. The number of anilines is 1. The van der Waals surface area contributed by atoms with Gasteiger partial charge in [-0.1, -0.05) is 24.3 Å². The number of fused-ring (bicyclic) bond motifs is 1. The van der Waals surface area contributed by atoms with Gasteiger partial charge >= 0.3 is 0 Å². The smallest absolute Gasteiger partial charge is 0.0390 e. The summed E-state index contributed by atoms with van der Waals surface area (Å²) in [6.45, 7) is 0. The minimum atomic E-state index is 0. The molecule has 11 heavy (non-hydrogen) atoms. The van der Waals surface area contributed by atoms with E-state index in [9.17, 15) is 0 Å². The van der Waals surface area contributed by atoms with Gasteiger partial charge in [-0.05, 0) is 18.1 Å². The molecule has 0 bridgehead atoms. The van der Waals surface area contributed by atoms with Gasteiger partial charge in [0.1, 0.15) is 0 Å². The maximum Gasteiger partial charge on any atom is 0.0390 e. The summed E-state index contributed by atoms with van der Waals surface area (Å²) in [6, 6.07) is 6.06. The third kappa shape index (κ3) is 1.12. The Balaban J connectivity index is 0.000000605. The molecule has 0 aliphatic heterocycles. The second-order valence-electron chi connectivity index (χ2n) is 2.53. The second kappa shape index (κ2) is 2.76. The van der Waals surface area contributed by atoms with E-state index in [1.54, 1.807) is 0 Å². The summed E-state index contributed by atoms with van der Waals surface area (Å²) in [5, 5.41) is 0. The lowest BCUT2D eigenvalue weighted by molar-refractivity contribution is 1.31. The molecule has 0 amide bonds. The normalized spacial score (nSPS) is 12.4. The number of hydrogen-bond donors (Lipinski definition) is 2. The number of hydrogen-bond acceptors (Lipinski definition) is 2. The minimum absolute atomic E-state index is 0. The van der Waals surface area contributed by atoms with Crippen LogP contribution in [0.1, 0.15) is 11.1 Å². The van der Waals surface area contributed by atoms with Crippen molar-refractivity contribution in [2.24, 2.45) is 0 Å². The first kappa shape index (κ1) is 7.82. The molecule has 0 aromatic heterocycles. The Morgan fingerprint density at radius 3 is 2.82 bits per heavy atom. The van der Waals surface area contributed by atoms with Gasteiger partial charge < -0.3 is 11.9 Å². The molecule has 0 heterocycles. The molecule has 5 N–H and O–H groups in total. The van der Waals surface area contributed by atoms with Gasteiger partial charge in [-0.25, -0.2) is 0 Å². The first-order valence-electron chi connectivity index (χ1n) is 3.42. The molecule has 0 radical (unpaired) electrons. The van der Waals surface area contributed by atoms with Crippen molar-refractivity contribution in [2.45, 2.75) is 6.42 Å². The van der Waals surface area contributed by atoms with Gasteiger partial charge in [0.05, 0.1) is 0 Å². The van der Waals surface area contributed by atoms with Crippen molar-refractivity contribution in [1.29, 1.82) is 0 Å². The van der Waals surface area contributed by atoms with Crippen LogP contribution in [-0.4, -0.2) is 0 Å². The van der Waals surface area contributed by atoms with Gasteiger partial charge in [0.25, 0.3) is 0 Å². The van der Waals surface area contributed by atoms with Gasteiger partial charge in [-0.3, -0.25) is 0 Å². The molecule has 2 nitrogen and oxygen atoms in total. The Labute approximate surface area is 66.3 Å². The fraction of sp³-hybridized carbons (Fsp3) is 0.111. The van der Waals surface area contributed by atoms with Crippen LogP contribution in [0.25, 0.3) is 6.08 Å². The fourth-order valence-corrected chi connectivity index (χ4v) is 1.32. The molecule has 1 aromatic carbocycles. The number of benzene rings is 1. The molecule has 0 saturated heterocycles. The van der Waals surface area contributed by atoms with Crippen LogP contribution >= 0.6 is 0 Å². The zero-order valence-electron chi connectivity index (χ0n) is 6.38. The van der Waals surface area contributed by atoms with Crippen LogP contribution in [0.15, 0.2) is 24.3 Å². The summed E-state index contributed by atoms with van der Waals surface area (Å²) in [5.41, 5.74) is 9.17. The molecule has 0 atom stereocenters. The van der Waals surface area contributed by atoms with Crippen LogP contribution in [0.5, 0.6) is 0 Å². The zero-order chi connectivity index (χ0) is 6.97. The number of nitrogens with two attached hydrogens (primary N) is 1. The van der Waals surface area contributed by atoms with E-state index >= 15 is 0 Å². The predicted molar refractivity (Wildman–Crippen MR) is 48.6 cm³/mol. The van der Waals surface area contributed by atoms with Crippen molar-refractivity contribution in [3.05, 3.63) is 35.4 Å². The van der Waals surface area contributed by atoms with Crippen molar-refractivity contribution < 1.29 is 0 Å². The number of allylic oxidation sites excluding steroid dienone is 1. The van der Waals surface area contributed by atoms with Gasteiger partial charge in [0, 0.05) is 11.3 Å². The number of rotatable bonds is 0. The summed E-state index contributed by atoms with van der Waals surface area (Å²) in [5.74, 6) is 0. The highest BCUT2D eigenvalue weighted by Gasteiger charge is 2.05. The Morgan fingerprint density at radius 2 is 2.09 bits per heavy atom. The highest BCUT2D eigenvalue weighted by atomic mass is 14.6. The monoisotopic (exact) mass is 148 g/mol. The molecule has 1 aliphatic rings. The van der Waals surface area contributed by atoms with Gasteiger partial charge in [-0.2, -0.15) is 0 Å². The Kier molecular flexibility index (Phi) is 1.96. The van der Waals surface area contributed by atoms with Gasteiger partial charge in [0.15, 0.2) is 0 Å². The molecule has 1 aromatic rings. The van der Waals surface area contributed by atoms with Crippen LogP contribution in [0, 0.1) is 0 Å². The van der Waals surface area contributed by atoms with Crippen LogP contribution in [-0.2, 0) is 6.42 Å². The highest BCUT2D eigenvalue weighted by Crippen LogP contribution is 2.24. The largest absolute Gasteiger partial charge is 0.398 e. The average molecular weight is 148 g/mol. The van der Waals surface area contributed by atoms with Crippen molar-refractivity contribution in [2.75, 3.05) is 5.73 Å². The molecule has 1 aliphatic carbocycles. The first-order valence-corrected chi connectivity index (χ1v) is 3.42. The molecule has 0 unspecified atom stereocenters. The molecule has 2 rings (SSSR count). The molecule has 0 fully saturated rings. The Hall–Kier alpha value is -1.28. The van der Waals surface area contributed by atoms with E-state index in [2.05, 4.69) is 18.2 Å². The molecule has 0 spiro atoms. The zero-order valence-corrected chi connectivity index (χ0v) is 6.38. The van der Waals surface area contributed by atoms with Crippen LogP contribution in [0.3, 0.4) is 0 Å². The Morgan fingerprint density at radius 1 is 1.27 bits per heavy atom. The SMILES string of the molecule is N.Nc1cccc2c1C=CC2. The predicted octanol–water partition coefficient (Wildman–Crippen LogP) is 2.00. The van der Waals surface area contributed by atoms with E-state index in [0.717, 1.165) is 12.1 Å². The summed E-state index contributed by atoms with van der Waals surface area (Å²) in [4.78, 5) is 0. The summed E-state index contributed by atoms with van der Waals surface area (Å²) < 4.78 is 0. The van der Waals surface area contributed by atoms with Crippen LogP contribution in [0.2, 0.25) is 0 Å². The van der Waals surface area contributed by atoms with E-state index in [1.807, 2.05) is 12.1 Å². The van der Waals surface area contributed by atoms with Crippen molar-refractivity contribution in [3.8, 4) is 0 Å². The minimum Gasteiger partial charge on any atom is -0.398 e. The molecule has 2 heteroatoms. The van der Waals surface area contributed by atoms with Crippen molar-refractivity contribution in [3.63, 3.8) is 0 Å². The molecular weight excluding hydrogens is 136 g/mol. The van der Waals surface area contributed by atoms with Crippen molar-refractivity contribution >= 4 is 11.8 Å². The van der Waals surface area contributed by atoms with Crippen molar-refractivity contribution in [1.82, 2.24) is 6.15 Å². The van der Waals surface area contributed by atoms with Gasteiger partial charge in [-0.15, -0.1) is 0 Å². The highest BCUT2D eigenvalue weighted by molar-refractivity contribution is 5.71. The Bertz CT molecular complexity index is 290. The van der Waals surface area contributed by atoms with E-state index in [-0.39, 0.29) is 6.15 Å². The van der Waals surface area contributed by atoms with E-state index in [4.69, 9.17) is 5.73 Å². The fourth-order valence-electron chi connectivity index (χ4n) is 1.32. The lowest BCUT2D eigenvalue weighted by Crippen LogP contribution is -1.90. The van der Waals surface area contributed by atoms with Crippen LogP contribution < -0.4 is 11.9 Å². The maximum atomic E-state index is 5.72. The maximum absolute atomic E-state index is 5.72. The molecule has 0 saturated carbocycles. The topological polar surface area (TPSA) is 61.0 Å². The third-order valence-electron chi connectivity index (χ3n) is 1.85. The quantitative estimate of drug-likeness (QED) is 0.553. The summed E-state index contributed by atoms with van der Waals surface area (Å²) in [7, 11) is 0. The summed E-state index contributed by atoms with van der Waals surface area (Å²) in [6.07, 6.45) is 5.27. The van der Waals surface area contributed by atoms with Gasteiger partial charge in [0.2, 0.25) is 0 Å². The summed E-state index contributed by atoms with van der Waals surface area (Å²) >= 11 is 0. The average Bonchev–Trinajstić information content (AvgIpc) is 2.36. The van der Waals surface area contributed by atoms with Crippen LogP contribution in [0.4, 0.5) is 5.69 Å². The third-order valence-corrected chi connectivity index (χ3v) is 1.85. The van der Waals surface area contributed by atoms with E-state index in [1.165, 1.54) is 11.1 Å². The first-order chi connectivity index (χ1) is 4.88. The lowest BCUT2D eigenvalue weighted by Gasteiger charge is -2.00. The van der Waals surface area contributed by atoms with E-state index < -0.39 is 0 Å². The second-order valence-corrected chi connectivity index (χ2v) is 2.53. The standard InChI is InChI=1S/C9H9N.H3N/c10-9-6-2-4-7-3-1-5-8(7)9;/h1-2,4-6H,3,10H2;1H3. The lowest BCUT2D eigenvalue weighted by atomic mass is 10.1. The molecular formula is C9H12N2. The van der Waals surface area contributed by atoms with E-state index in [0.29, 0.717) is 0 Å².